The Balaban J connectivity index is 2.63. The third-order valence-corrected chi connectivity index (χ3v) is 4.61. The Morgan fingerprint density at radius 3 is 2.18 bits per heavy atom. The summed E-state index contributed by atoms with van der Waals surface area (Å²) in [7, 11) is 0. The van der Waals surface area contributed by atoms with E-state index in [1.54, 1.807) is 0 Å². The Morgan fingerprint density at radius 2 is 1.76 bits per heavy atom. The minimum Gasteiger partial charge on any atom is -0.352 e. The molecule has 0 aromatic heterocycles. The minimum absolute atomic E-state index is 0.0457. The van der Waals surface area contributed by atoms with Gasteiger partial charge in [0, 0.05) is 6.04 Å². The van der Waals surface area contributed by atoms with Gasteiger partial charge in [-0.1, -0.05) is 50.5 Å². The molecule has 1 N–H and O–H groups in total. The second kappa shape index (κ2) is 5.29. The number of hydrogen-bond acceptors (Lipinski definition) is 1. The van der Waals surface area contributed by atoms with E-state index < -0.39 is 0 Å². The Labute approximate surface area is 114 Å². The predicted octanol–water partition coefficient (Wildman–Crippen LogP) is 3.88. The molecule has 1 aliphatic carbocycles. The van der Waals surface area contributed by atoms with Gasteiger partial charge in [-0.05, 0) is 36.5 Å². The lowest BCUT2D eigenvalue weighted by molar-refractivity contribution is -0.122. The average molecular weight is 304 g/mol. The lowest BCUT2D eigenvalue weighted by Gasteiger charge is -2.45. The van der Waals surface area contributed by atoms with E-state index >= 15 is 0 Å². The quantitative estimate of drug-likeness (QED) is 0.788. The van der Waals surface area contributed by atoms with Gasteiger partial charge in [0.15, 0.2) is 0 Å². The molecule has 17 heavy (non-hydrogen) atoms. The van der Waals surface area contributed by atoms with Crippen molar-refractivity contribution in [2.75, 3.05) is 0 Å². The van der Waals surface area contributed by atoms with Crippen LogP contribution in [0.3, 0.4) is 0 Å². The molecular weight excluding hydrogens is 278 g/mol. The average Bonchev–Trinajstić information content (AvgIpc) is 2.11. The summed E-state index contributed by atoms with van der Waals surface area (Å²) >= 11 is 3.41. The zero-order chi connectivity index (χ0) is 13.3. The zero-order valence-electron chi connectivity index (χ0n) is 11.8. The van der Waals surface area contributed by atoms with Gasteiger partial charge < -0.3 is 5.32 Å². The van der Waals surface area contributed by atoms with E-state index in [-0.39, 0.29) is 10.7 Å². The van der Waals surface area contributed by atoms with E-state index in [1.165, 1.54) is 6.42 Å². The first-order chi connectivity index (χ1) is 7.65. The Kier molecular flexibility index (Phi) is 4.67. The highest BCUT2D eigenvalue weighted by molar-refractivity contribution is 9.10. The fourth-order valence-corrected chi connectivity index (χ4v) is 3.56. The molecule has 0 radical (unpaired) electrons. The van der Waals surface area contributed by atoms with Crippen molar-refractivity contribution in [2.45, 2.75) is 71.2 Å². The summed E-state index contributed by atoms with van der Waals surface area (Å²) in [6, 6.07) is 0.327. The molecule has 0 aliphatic heterocycles. The van der Waals surface area contributed by atoms with E-state index in [9.17, 15) is 4.79 Å². The third-order valence-electron chi connectivity index (χ3n) is 3.54. The zero-order valence-corrected chi connectivity index (χ0v) is 13.4. The monoisotopic (exact) mass is 303 g/mol. The maximum Gasteiger partial charge on any atom is 0.233 e. The van der Waals surface area contributed by atoms with Crippen LogP contribution in [0, 0.1) is 10.8 Å². The highest BCUT2D eigenvalue weighted by Gasteiger charge is 2.39. The minimum atomic E-state index is -0.0457. The number of carbonyl (C=O) groups excluding carboxylic acids is 1. The van der Waals surface area contributed by atoms with Gasteiger partial charge >= 0.3 is 0 Å². The van der Waals surface area contributed by atoms with Crippen molar-refractivity contribution in [3.8, 4) is 0 Å². The van der Waals surface area contributed by atoms with Crippen LogP contribution in [0.2, 0.25) is 0 Å². The molecule has 0 saturated heterocycles. The van der Waals surface area contributed by atoms with Gasteiger partial charge in [-0.25, -0.2) is 0 Å². The summed E-state index contributed by atoms with van der Waals surface area (Å²) < 4.78 is 0. The molecule has 1 atom stereocenters. The van der Waals surface area contributed by atoms with Crippen LogP contribution >= 0.6 is 15.9 Å². The smallest absolute Gasteiger partial charge is 0.233 e. The molecule has 3 heteroatoms. The first-order valence-corrected chi connectivity index (χ1v) is 7.51. The SMILES string of the molecule is CCC(Br)C(=O)NC1CC(C)(C)CC(C)(C)C1. The van der Waals surface area contributed by atoms with Gasteiger partial charge in [0.2, 0.25) is 5.91 Å². The van der Waals surface area contributed by atoms with Crippen LogP contribution in [-0.2, 0) is 4.79 Å². The lowest BCUT2D eigenvalue weighted by Crippen LogP contribution is -2.47. The van der Waals surface area contributed by atoms with Crippen LogP contribution in [0.4, 0.5) is 0 Å². The summed E-state index contributed by atoms with van der Waals surface area (Å²) in [5.41, 5.74) is 0.654. The topological polar surface area (TPSA) is 29.1 Å². The Bertz CT molecular complexity index is 270. The van der Waals surface area contributed by atoms with Crippen LogP contribution in [-0.4, -0.2) is 16.8 Å². The van der Waals surface area contributed by atoms with Crippen LogP contribution in [0.25, 0.3) is 0 Å². The van der Waals surface area contributed by atoms with E-state index in [0.717, 1.165) is 19.3 Å². The Hall–Kier alpha value is -0.0500. The summed E-state index contributed by atoms with van der Waals surface area (Å²) in [6.45, 7) is 11.2. The number of halogens is 1. The third kappa shape index (κ3) is 4.61. The molecule has 1 aliphatic rings. The van der Waals surface area contributed by atoms with E-state index in [1.807, 2.05) is 6.92 Å². The molecule has 1 rings (SSSR count). The Morgan fingerprint density at radius 1 is 1.29 bits per heavy atom. The molecule has 1 saturated carbocycles. The van der Waals surface area contributed by atoms with Gasteiger partial charge in [0.1, 0.15) is 0 Å². The first-order valence-electron chi connectivity index (χ1n) is 6.60. The van der Waals surface area contributed by atoms with Crippen molar-refractivity contribution >= 4 is 21.8 Å². The molecule has 0 aromatic carbocycles. The number of nitrogens with one attached hydrogen (secondary N) is 1. The fourth-order valence-electron chi connectivity index (χ4n) is 3.43. The fraction of sp³-hybridized carbons (Fsp3) is 0.929. The second-order valence-electron chi connectivity index (χ2n) is 6.99. The van der Waals surface area contributed by atoms with Crippen LogP contribution in [0.1, 0.15) is 60.3 Å². The molecule has 1 fully saturated rings. The molecule has 0 heterocycles. The molecule has 0 aromatic rings. The molecule has 0 bridgehead atoms. The maximum absolute atomic E-state index is 11.9. The normalized spacial score (nSPS) is 25.3. The number of alkyl halides is 1. The van der Waals surface area contributed by atoms with Gasteiger partial charge in [0.25, 0.3) is 0 Å². The van der Waals surface area contributed by atoms with Crippen LogP contribution in [0.15, 0.2) is 0 Å². The van der Waals surface area contributed by atoms with Crippen molar-refractivity contribution in [1.29, 1.82) is 0 Å². The van der Waals surface area contributed by atoms with Crippen molar-refractivity contribution in [3.05, 3.63) is 0 Å². The van der Waals surface area contributed by atoms with E-state index in [0.29, 0.717) is 16.9 Å². The number of carbonyl (C=O) groups is 1. The van der Waals surface area contributed by atoms with Crippen molar-refractivity contribution in [3.63, 3.8) is 0 Å². The largest absolute Gasteiger partial charge is 0.352 e. The summed E-state index contributed by atoms with van der Waals surface area (Å²) in [5, 5.41) is 3.19. The molecule has 0 spiro atoms. The van der Waals surface area contributed by atoms with Crippen LogP contribution in [0.5, 0.6) is 0 Å². The molecular formula is C14H26BrNO. The van der Waals surface area contributed by atoms with Gasteiger partial charge in [-0.3, -0.25) is 4.79 Å². The van der Waals surface area contributed by atoms with Crippen molar-refractivity contribution in [2.24, 2.45) is 10.8 Å². The summed E-state index contributed by atoms with van der Waals surface area (Å²) in [5.74, 6) is 0.144. The molecule has 1 unspecified atom stereocenters. The summed E-state index contributed by atoms with van der Waals surface area (Å²) in [6.07, 6.45) is 4.25. The number of hydrogen-bond donors (Lipinski definition) is 1. The van der Waals surface area contributed by atoms with E-state index in [4.69, 9.17) is 0 Å². The highest BCUT2D eigenvalue weighted by atomic mass is 79.9. The maximum atomic E-state index is 11.9. The highest BCUT2D eigenvalue weighted by Crippen LogP contribution is 2.45. The van der Waals surface area contributed by atoms with Crippen LogP contribution < -0.4 is 5.32 Å². The summed E-state index contributed by atoms with van der Waals surface area (Å²) in [4.78, 5) is 11.9. The van der Waals surface area contributed by atoms with Gasteiger partial charge in [0.05, 0.1) is 4.83 Å². The van der Waals surface area contributed by atoms with Gasteiger partial charge in [-0.15, -0.1) is 0 Å². The predicted molar refractivity (Wildman–Crippen MR) is 76.3 cm³/mol. The first kappa shape index (κ1) is 15.0. The van der Waals surface area contributed by atoms with Crippen molar-refractivity contribution < 1.29 is 4.79 Å². The standard InChI is InChI=1S/C14H26BrNO/c1-6-11(15)12(17)16-10-7-13(2,3)9-14(4,5)8-10/h10-11H,6-9H2,1-5H3,(H,16,17). The molecule has 1 amide bonds. The van der Waals surface area contributed by atoms with Gasteiger partial charge in [-0.2, -0.15) is 0 Å². The number of amides is 1. The lowest BCUT2D eigenvalue weighted by atomic mass is 9.63. The number of rotatable bonds is 3. The molecule has 100 valence electrons. The molecule has 2 nitrogen and oxygen atoms in total. The second-order valence-corrected chi connectivity index (χ2v) is 8.10. The van der Waals surface area contributed by atoms with Crippen molar-refractivity contribution in [1.82, 2.24) is 5.32 Å². The van der Waals surface area contributed by atoms with E-state index in [2.05, 4.69) is 48.9 Å².